The first-order chi connectivity index (χ1) is 9.92. The number of aryl methyl sites for hydroxylation is 2. The second-order valence-corrected chi connectivity index (χ2v) is 4.81. The zero-order valence-electron chi connectivity index (χ0n) is 10.8. The van der Waals surface area contributed by atoms with E-state index in [1.54, 1.807) is 12.4 Å². The summed E-state index contributed by atoms with van der Waals surface area (Å²) in [4.78, 5) is 17.8. The average molecular weight is 260 g/mol. The van der Waals surface area contributed by atoms with Gasteiger partial charge < -0.3 is 0 Å². The van der Waals surface area contributed by atoms with Crippen molar-refractivity contribution in [2.45, 2.75) is 12.8 Å². The molecule has 0 atom stereocenters. The molecule has 0 saturated carbocycles. The van der Waals surface area contributed by atoms with Gasteiger partial charge in [0.2, 0.25) is 0 Å². The SMILES string of the molecule is c1cncc(-c2ncc3c(n2)-c2cccnc2CC3)c1. The van der Waals surface area contributed by atoms with Gasteiger partial charge in [-0.05, 0) is 42.7 Å². The number of fused-ring (bicyclic) bond motifs is 3. The minimum atomic E-state index is 0.716. The van der Waals surface area contributed by atoms with E-state index in [-0.39, 0.29) is 0 Å². The molecule has 3 aromatic heterocycles. The zero-order chi connectivity index (χ0) is 13.4. The maximum atomic E-state index is 4.73. The Balaban J connectivity index is 1.90. The van der Waals surface area contributed by atoms with Gasteiger partial charge in [0.1, 0.15) is 0 Å². The van der Waals surface area contributed by atoms with Crippen LogP contribution in [0.5, 0.6) is 0 Å². The van der Waals surface area contributed by atoms with Crippen molar-refractivity contribution in [3.05, 3.63) is 60.3 Å². The van der Waals surface area contributed by atoms with E-state index in [1.807, 2.05) is 30.6 Å². The van der Waals surface area contributed by atoms with Crippen LogP contribution in [0.2, 0.25) is 0 Å². The van der Waals surface area contributed by atoms with Crippen molar-refractivity contribution in [1.82, 2.24) is 19.9 Å². The monoisotopic (exact) mass is 260 g/mol. The predicted molar refractivity (Wildman–Crippen MR) is 75.9 cm³/mol. The molecule has 0 amide bonds. The first-order valence-electron chi connectivity index (χ1n) is 6.62. The highest BCUT2D eigenvalue weighted by molar-refractivity contribution is 5.69. The molecule has 4 nitrogen and oxygen atoms in total. The van der Waals surface area contributed by atoms with E-state index in [4.69, 9.17) is 4.98 Å². The number of hydrogen-bond donors (Lipinski definition) is 0. The highest BCUT2D eigenvalue weighted by Crippen LogP contribution is 2.31. The average Bonchev–Trinajstić information content (AvgIpc) is 2.55. The quantitative estimate of drug-likeness (QED) is 0.675. The maximum absolute atomic E-state index is 4.73. The molecule has 0 radical (unpaired) electrons. The molecule has 0 saturated heterocycles. The molecule has 0 aliphatic heterocycles. The first-order valence-corrected chi connectivity index (χ1v) is 6.62. The molecular weight excluding hydrogens is 248 g/mol. The van der Waals surface area contributed by atoms with Gasteiger partial charge in [-0.3, -0.25) is 9.97 Å². The Morgan fingerprint density at radius 2 is 1.85 bits per heavy atom. The summed E-state index contributed by atoms with van der Waals surface area (Å²) < 4.78 is 0. The molecule has 0 unspecified atom stereocenters. The van der Waals surface area contributed by atoms with E-state index in [1.165, 1.54) is 5.56 Å². The molecule has 0 spiro atoms. The number of pyridine rings is 2. The predicted octanol–water partition coefficient (Wildman–Crippen LogP) is 2.70. The third kappa shape index (κ3) is 1.77. The second kappa shape index (κ2) is 4.49. The molecular formula is C16H12N4. The second-order valence-electron chi connectivity index (χ2n) is 4.81. The van der Waals surface area contributed by atoms with Crippen LogP contribution in [0.15, 0.2) is 49.1 Å². The van der Waals surface area contributed by atoms with Gasteiger partial charge in [-0.25, -0.2) is 9.97 Å². The van der Waals surface area contributed by atoms with Crippen LogP contribution in [0.1, 0.15) is 11.3 Å². The summed E-state index contributed by atoms with van der Waals surface area (Å²) in [6.07, 6.45) is 9.22. The number of rotatable bonds is 1. The fourth-order valence-electron chi connectivity index (χ4n) is 2.56. The van der Waals surface area contributed by atoms with E-state index < -0.39 is 0 Å². The largest absolute Gasteiger partial charge is 0.264 e. The van der Waals surface area contributed by atoms with Crippen LogP contribution in [-0.2, 0) is 12.8 Å². The van der Waals surface area contributed by atoms with Gasteiger partial charge in [0.15, 0.2) is 5.82 Å². The molecule has 20 heavy (non-hydrogen) atoms. The van der Waals surface area contributed by atoms with Crippen molar-refractivity contribution in [2.75, 3.05) is 0 Å². The van der Waals surface area contributed by atoms with Crippen LogP contribution in [0.3, 0.4) is 0 Å². The van der Waals surface area contributed by atoms with E-state index in [2.05, 4.69) is 21.0 Å². The minimum Gasteiger partial charge on any atom is -0.264 e. The van der Waals surface area contributed by atoms with Crippen LogP contribution < -0.4 is 0 Å². The van der Waals surface area contributed by atoms with Gasteiger partial charge in [0.25, 0.3) is 0 Å². The summed E-state index contributed by atoms with van der Waals surface area (Å²) in [5, 5.41) is 0. The molecule has 0 aromatic carbocycles. The molecule has 1 aliphatic carbocycles. The van der Waals surface area contributed by atoms with Gasteiger partial charge in [-0.2, -0.15) is 0 Å². The van der Waals surface area contributed by atoms with E-state index in [0.29, 0.717) is 5.82 Å². The van der Waals surface area contributed by atoms with Crippen LogP contribution in [-0.4, -0.2) is 19.9 Å². The Kier molecular flexibility index (Phi) is 2.52. The fourth-order valence-corrected chi connectivity index (χ4v) is 2.56. The molecule has 1 aliphatic rings. The van der Waals surface area contributed by atoms with Gasteiger partial charge >= 0.3 is 0 Å². The topological polar surface area (TPSA) is 51.6 Å². The lowest BCUT2D eigenvalue weighted by molar-refractivity contribution is 0.875. The number of hydrogen-bond acceptors (Lipinski definition) is 4. The lowest BCUT2D eigenvalue weighted by atomic mass is 9.93. The molecule has 3 aromatic rings. The number of nitrogens with zero attached hydrogens (tertiary/aromatic N) is 4. The van der Waals surface area contributed by atoms with Crippen molar-refractivity contribution in [1.29, 1.82) is 0 Å². The first kappa shape index (κ1) is 11.2. The molecule has 4 heteroatoms. The highest BCUT2D eigenvalue weighted by Gasteiger charge is 2.19. The van der Waals surface area contributed by atoms with E-state index in [0.717, 1.165) is 35.4 Å². The van der Waals surface area contributed by atoms with Gasteiger partial charge in [0, 0.05) is 35.9 Å². The van der Waals surface area contributed by atoms with E-state index in [9.17, 15) is 0 Å². The van der Waals surface area contributed by atoms with Crippen LogP contribution >= 0.6 is 0 Å². The van der Waals surface area contributed by atoms with Crippen molar-refractivity contribution in [3.8, 4) is 22.6 Å². The maximum Gasteiger partial charge on any atom is 0.161 e. The minimum absolute atomic E-state index is 0.716. The normalized spacial score (nSPS) is 12.6. The Morgan fingerprint density at radius 1 is 0.900 bits per heavy atom. The van der Waals surface area contributed by atoms with Gasteiger partial charge in [0.05, 0.1) is 11.4 Å². The standard InChI is InChI=1S/C16H12N4/c1-3-12(9-17-7-1)16-19-10-11-5-6-14-13(15(11)20-16)4-2-8-18-14/h1-4,7-10H,5-6H2. The van der Waals surface area contributed by atoms with Crippen LogP contribution in [0.4, 0.5) is 0 Å². The van der Waals surface area contributed by atoms with Crippen molar-refractivity contribution in [3.63, 3.8) is 0 Å². The Morgan fingerprint density at radius 3 is 2.75 bits per heavy atom. The summed E-state index contributed by atoms with van der Waals surface area (Å²) in [6.45, 7) is 0. The third-order valence-electron chi connectivity index (χ3n) is 3.56. The molecule has 3 heterocycles. The highest BCUT2D eigenvalue weighted by atomic mass is 14.9. The van der Waals surface area contributed by atoms with Crippen LogP contribution in [0.25, 0.3) is 22.6 Å². The Labute approximate surface area is 116 Å². The van der Waals surface area contributed by atoms with Crippen molar-refractivity contribution >= 4 is 0 Å². The third-order valence-corrected chi connectivity index (χ3v) is 3.56. The van der Waals surface area contributed by atoms with Gasteiger partial charge in [-0.15, -0.1) is 0 Å². The van der Waals surface area contributed by atoms with Crippen molar-refractivity contribution < 1.29 is 0 Å². The molecule has 4 rings (SSSR count). The zero-order valence-corrected chi connectivity index (χ0v) is 10.8. The molecule has 0 N–H and O–H groups in total. The summed E-state index contributed by atoms with van der Waals surface area (Å²) in [6, 6.07) is 7.91. The fraction of sp³-hybridized carbons (Fsp3) is 0.125. The summed E-state index contributed by atoms with van der Waals surface area (Å²) in [7, 11) is 0. The number of aromatic nitrogens is 4. The molecule has 96 valence electrons. The van der Waals surface area contributed by atoms with E-state index >= 15 is 0 Å². The summed E-state index contributed by atoms with van der Waals surface area (Å²) >= 11 is 0. The summed E-state index contributed by atoms with van der Waals surface area (Å²) in [5.41, 5.74) is 5.38. The lowest BCUT2D eigenvalue weighted by Crippen LogP contribution is -2.09. The Hall–Kier alpha value is -2.62. The lowest BCUT2D eigenvalue weighted by Gasteiger charge is -2.17. The van der Waals surface area contributed by atoms with Crippen molar-refractivity contribution in [2.24, 2.45) is 0 Å². The van der Waals surface area contributed by atoms with Gasteiger partial charge in [-0.1, -0.05) is 0 Å². The van der Waals surface area contributed by atoms with Crippen LogP contribution in [0, 0.1) is 0 Å². The Bertz CT molecular complexity index is 768. The summed E-state index contributed by atoms with van der Waals surface area (Å²) in [5.74, 6) is 0.716. The molecule has 0 fully saturated rings. The smallest absolute Gasteiger partial charge is 0.161 e. The molecule has 0 bridgehead atoms.